The van der Waals surface area contributed by atoms with Crippen molar-refractivity contribution < 1.29 is 23.1 Å². The summed E-state index contributed by atoms with van der Waals surface area (Å²) in [6.45, 7) is 0. The molecule has 0 aliphatic heterocycles. The second-order valence-corrected chi connectivity index (χ2v) is 4.69. The Morgan fingerprint density at radius 3 is 2.18 bits per heavy atom. The van der Waals surface area contributed by atoms with Crippen molar-refractivity contribution in [3.05, 3.63) is 23.3 Å². The quantitative estimate of drug-likeness (QED) is 0.854. The molecule has 0 spiro atoms. The Morgan fingerprint density at radius 1 is 1.24 bits per heavy atom. The van der Waals surface area contributed by atoms with E-state index >= 15 is 0 Å². The molecule has 1 aromatic carbocycles. The summed E-state index contributed by atoms with van der Waals surface area (Å²) < 4.78 is 38.7. The van der Waals surface area contributed by atoms with Gasteiger partial charge in [0.15, 0.2) is 0 Å². The van der Waals surface area contributed by atoms with E-state index in [0.29, 0.717) is 4.90 Å². The molecule has 0 fully saturated rings. The lowest BCUT2D eigenvalue weighted by molar-refractivity contribution is -0.140. The minimum absolute atomic E-state index is 0.0371. The molecule has 0 unspecified atom stereocenters. The number of hydrogen-bond acceptors (Lipinski definition) is 3. The minimum Gasteiger partial charge on any atom is -0.478 e. The van der Waals surface area contributed by atoms with Gasteiger partial charge < -0.3 is 5.11 Å². The van der Waals surface area contributed by atoms with E-state index < -0.39 is 23.3 Å². The highest BCUT2D eigenvalue weighted by Gasteiger charge is 2.38. The van der Waals surface area contributed by atoms with Gasteiger partial charge in [-0.1, -0.05) is 0 Å². The number of benzene rings is 1. The third kappa shape index (κ3) is 2.90. The molecule has 0 radical (unpaired) electrons. The molecule has 7 heteroatoms. The van der Waals surface area contributed by atoms with Crippen molar-refractivity contribution in [1.29, 1.82) is 0 Å². The molecule has 0 aromatic heterocycles. The van der Waals surface area contributed by atoms with Crippen molar-refractivity contribution in [2.24, 2.45) is 0 Å². The Labute approximate surface area is 105 Å². The highest BCUT2D eigenvalue weighted by Crippen LogP contribution is 2.42. The largest absolute Gasteiger partial charge is 0.478 e. The van der Waals surface area contributed by atoms with Crippen molar-refractivity contribution in [1.82, 2.24) is 0 Å². The highest BCUT2D eigenvalue weighted by molar-refractivity contribution is 8.01. The molecule has 0 bridgehead atoms. The number of aromatic carboxylic acids is 1. The first kappa shape index (κ1) is 14.2. The van der Waals surface area contributed by atoms with Crippen molar-refractivity contribution in [2.45, 2.75) is 16.0 Å². The number of alkyl halides is 3. The Balaban J connectivity index is 3.62. The van der Waals surface area contributed by atoms with Crippen LogP contribution in [-0.2, 0) is 6.18 Å². The lowest BCUT2D eigenvalue weighted by atomic mass is 10.1. The maximum atomic E-state index is 12.9. The molecule has 0 saturated heterocycles. The van der Waals surface area contributed by atoms with E-state index in [0.717, 1.165) is 29.6 Å². The number of halogens is 3. The minimum atomic E-state index is -4.67. The summed E-state index contributed by atoms with van der Waals surface area (Å²) in [6.07, 6.45) is -1.52. The van der Waals surface area contributed by atoms with E-state index in [1.165, 1.54) is 12.3 Å². The average Bonchev–Trinajstić information content (AvgIpc) is 2.25. The van der Waals surface area contributed by atoms with Gasteiger partial charge in [-0.3, -0.25) is 0 Å². The van der Waals surface area contributed by atoms with Gasteiger partial charge in [-0.25, -0.2) is 4.79 Å². The topological polar surface area (TPSA) is 37.3 Å². The van der Waals surface area contributed by atoms with Crippen LogP contribution >= 0.6 is 23.5 Å². The smallest absolute Gasteiger partial charge is 0.418 e. The summed E-state index contributed by atoms with van der Waals surface area (Å²) in [5.74, 6) is -1.57. The molecule has 17 heavy (non-hydrogen) atoms. The fraction of sp³-hybridized carbons (Fsp3) is 0.300. The fourth-order valence-electron chi connectivity index (χ4n) is 1.39. The van der Waals surface area contributed by atoms with Crippen molar-refractivity contribution in [3.63, 3.8) is 0 Å². The van der Waals surface area contributed by atoms with E-state index in [9.17, 15) is 18.0 Å². The van der Waals surface area contributed by atoms with Crippen LogP contribution < -0.4 is 0 Å². The maximum absolute atomic E-state index is 12.9. The lowest BCUT2D eigenvalue weighted by Crippen LogP contribution is -2.15. The van der Waals surface area contributed by atoms with Gasteiger partial charge in [-0.2, -0.15) is 13.2 Å². The van der Waals surface area contributed by atoms with Crippen LogP contribution in [0.5, 0.6) is 0 Å². The molecule has 1 N–H and O–H groups in total. The Morgan fingerprint density at radius 2 is 1.82 bits per heavy atom. The standard InChI is InChI=1S/C10H9F3O2S2/c1-16-6-4-3-5(9(14)15)7(8(6)17-2)10(11,12)13/h3-4H,1-2H3,(H,14,15). The van der Waals surface area contributed by atoms with Gasteiger partial charge in [0.25, 0.3) is 0 Å². The molecule has 0 saturated carbocycles. The van der Waals surface area contributed by atoms with Crippen molar-refractivity contribution in [3.8, 4) is 0 Å². The molecule has 1 rings (SSSR count). The first-order chi connectivity index (χ1) is 7.82. The van der Waals surface area contributed by atoms with E-state index in [4.69, 9.17) is 5.11 Å². The van der Waals surface area contributed by atoms with Gasteiger partial charge in [0, 0.05) is 9.79 Å². The van der Waals surface area contributed by atoms with Crippen LogP contribution in [0.3, 0.4) is 0 Å². The second kappa shape index (κ2) is 5.22. The molecule has 1 aromatic rings. The third-order valence-electron chi connectivity index (χ3n) is 2.06. The van der Waals surface area contributed by atoms with Gasteiger partial charge in [-0.05, 0) is 24.6 Å². The first-order valence-corrected chi connectivity index (χ1v) is 6.83. The van der Waals surface area contributed by atoms with Gasteiger partial charge in [0.2, 0.25) is 0 Å². The molecule has 94 valence electrons. The van der Waals surface area contributed by atoms with E-state index in [2.05, 4.69) is 0 Å². The summed E-state index contributed by atoms with van der Waals surface area (Å²) >= 11 is 2.06. The van der Waals surface area contributed by atoms with Crippen LogP contribution in [0.1, 0.15) is 15.9 Å². The fourth-order valence-corrected chi connectivity index (χ4v) is 3.08. The summed E-state index contributed by atoms with van der Waals surface area (Å²) in [4.78, 5) is 11.2. The zero-order valence-corrected chi connectivity index (χ0v) is 10.6. The summed E-state index contributed by atoms with van der Waals surface area (Å²) in [5, 5.41) is 8.80. The zero-order valence-electron chi connectivity index (χ0n) is 8.96. The SMILES string of the molecule is CSc1ccc(C(=O)O)c(C(F)(F)F)c1SC. The number of thioether (sulfide) groups is 2. The lowest BCUT2D eigenvalue weighted by Gasteiger charge is -2.16. The zero-order chi connectivity index (χ0) is 13.2. The number of carboxylic acid groups (broad SMARTS) is 1. The molecule has 0 heterocycles. The predicted molar refractivity (Wildman–Crippen MR) is 62.0 cm³/mol. The van der Waals surface area contributed by atoms with E-state index in [-0.39, 0.29) is 4.90 Å². The van der Waals surface area contributed by atoms with Crippen LogP contribution in [0, 0.1) is 0 Å². The molecule has 0 aliphatic rings. The first-order valence-electron chi connectivity index (χ1n) is 4.38. The third-order valence-corrected chi connectivity index (χ3v) is 3.80. The number of hydrogen-bond donors (Lipinski definition) is 1. The predicted octanol–water partition coefficient (Wildman–Crippen LogP) is 3.85. The second-order valence-electron chi connectivity index (χ2n) is 3.03. The molecule has 2 nitrogen and oxygen atoms in total. The highest BCUT2D eigenvalue weighted by atomic mass is 32.2. The monoisotopic (exact) mass is 282 g/mol. The molecular formula is C10H9F3O2S2. The van der Waals surface area contributed by atoms with Crippen LogP contribution in [0.2, 0.25) is 0 Å². The van der Waals surface area contributed by atoms with Gasteiger partial charge in [-0.15, -0.1) is 23.5 Å². The van der Waals surface area contributed by atoms with Crippen molar-refractivity contribution in [2.75, 3.05) is 12.5 Å². The summed E-state index contributed by atoms with van der Waals surface area (Å²) in [6, 6.07) is 2.39. The molecule has 0 amide bonds. The molecule has 0 aliphatic carbocycles. The Bertz CT molecular complexity index is 444. The van der Waals surface area contributed by atoms with Crippen molar-refractivity contribution >= 4 is 29.5 Å². The summed E-state index contributed by atoms with van der Waals surface area (Å²) in [5.41, 5.74) is -1.77. The molecule has 0 atom stereocenters. The average molecular weight is 282 g/mol. The van der Waals surface area contributed by atoms with E-state index in [1.807, 2.05) is 0 Å². The maximum Gasteiger partial charge on any atom is 0.418 e. The van der Waals surface area contributed by atoms with Crippen LogP contribution in [0.25, 0.3) is 0 Å². The Kier molecular flexibility index (Phi) is 4.37. The van der Waals surface area contributed by atoms with Gasteiger partial charge in [0.1, 0.15) is 0 Å². The van der Waals surface area contributed by atoms with Gasteiger partial charge in [0.05, 0.1) is 11.1 Å². The number of carboxylic acids is 1. The normalized spacial score (nSPS) is 11.6. The Hall–Kier alpha value is -0.820. The molecular weight excluding hydrogens is 273 g/mol. The summed E-state index contributed by atoms with van der Waals surface area (Å²) in [7, 11) is 0. The van der Waals surface area contributed by atoms with Crippen LogP contribution in [-0.4, -0.2) is 23.6 Å². The number of carbonyl (C=O) groups is 1. The van der Waals surface area contributed by atoms with E-state index in [1.54, 1.807) is 6.26 Å². The van der Waals surface area contributed by atoms with Crippen LogP contribution in [0.4, 0.5) is 13.2 Å². The van der Waals surface area contributed by atoms with Gasteiger partial charge >= 0.3 is 12.1 Å². The number of rotatable bonds is 3. The van der Waals surface area contributed by atoms with Crippen LogP contribution in [0.15, 0.2) is 21.9 Å².